The second-order valence-electron chi connectivity index (χ2n) is 5.29. The van der Waals surface area contributed by atoms with Crippen molar-refractivity contribution in [3.05, 3.63) is 18.2 Å². The molecule has 0 bridgehead atoms. The molecule has 1 atom stereocenters. The van der Waals surface area contributed by atoms with Crippen molar-refractivity contribution in [1.29, 1.82) is 0 Å². The van der Waals surface area contributed by atoms with Crippen LogP contribution in [0.2, 0.25) is 0 Å². The van der Waals surface area contributed by atoms with Crippen LogP contribution in [0.25, 0.3) is 0 Å². The molecule has 4 nitrogen and oxygen atoms in total. The van der Waals surface area contributed by atoms with Crippen LogP contribution in [0.15, 0.2) is 12.4 Å². The van der Waals surface area contributed by atoms with Gasteiger partial charge in [-0.3, -0.25) is 0 Å². The number of imidazole rings is 1. The van der Waals surface area contributed by atoms with Crippen molar-refractivity contribution in [2.45, 2.75) is 57.1 Å². The van der Waals surface area contributed by atoms with E-state index in [-0.39, 0.29) is 11.6 Å². The van der Waals surface area contributed by atoms with E-state index in [2.05, 4.69) is 11.9 Å². The fourth-order valence-corrected chi connectivity index (χ4v) is 3.07. The summed E-state index contributed by atoms with van der Waals surface area (Å²) in [6.07, 6.45) is 10.9. The highest BCUT2D eigenvalue weighted by Crippen LogP contribution is 2.38. The van der Waals surface area contributed by atoms with Crippen LogP contribution in [0.5, 0.6) is 0 Å². The normalized spacial score (nSPS) is 21.5. The van der Waals surface area contributed by atoms with Gasteiger partial charge >= 0.3 is 0 Å². The number of nitrogens with zero attached hydrogens (tertiary/aromatic N) is 2. The molecule has 1 unspecified atom stereocenters. The molecule has 1 heterocycles. The topological polar surface area (TPSA) is 53.1 Å². The van der Waals surface area contributed by atoms with Crippen LogP contribution in [0.4, 0.5) is 0 Å². The van der Waals surface area contributed by atoms with Crippen molar-refractivity contribution in [2.24, 2.45) is 12.8 Å². The van der Waals surface area contributed by atoms with Gasteiger partial charge in [0.15, 0.2) is 0 Å². The molecule has 1 aromatic rings. The van der Waals surface area contributed by atoms with E-state index in [4.69, 9.17) is 10.5 Å². The zero-order chi connectivity index (χ0) is 13.0. The maximum absolute atomic E-state index is 6.50. The standard InChI is InChI=1S/C14H25N3O/c1-3-18-14(8-6-4-5-7-9-14)12(15)13-16-10-11-17(13)2/h10-12H,3-9,15H2,1-2H3. The number of aryl methyl sites for hydroxylation is 1. The zero-order valence-corrected chi connectivity index (χ0v) is 11.6. The molecule has 1 saturated carbocycles. The van der Waals surface area contributed by atoms with Crippen LogP contribution in [-0.2, 0) is 11.8 Å². The van der Waals surface area contributed by atoms with Gasteiger partial charge in [-0.2, -0.15) is 0 Å². The number of hydrogen-bond donors (Lipinski definition) is 1. The van der Waals surface area contributed by atoms with E-state index in [0.29, 0.717) is 0 Å². The summed E-state index contributed by atoms with van der Waals surface area (Å²) in [4.78, 5) is 4.41. The Morgan fingerprint density at radius 2 is 2.06 bits per heavy atom. The van der Waals surface area contributed by atoms with Crippen molar-refractivity contribution in [3.63, 3.8) is 0 Å². The molecule has 2 N–H and O–H groups in total. The molecule has 0 spiro atoms. The van der Waals surface area contributed by atoms with Crippen LogP contribution >= 0.6 is 0 Å². The van der Waals surface area contributed by atoms with Crippen molar-refractivity contribution < 1.29 is 4.74 Å². The summed E-state index contributed by atoms with van der Waals surface area (Å²) in [5.41, 5.74) is 6.28. The molecule has 1 aromatic heterocycles. The van der Waals surface area contributed by atoms with E-state index in [9.17, 15) is 0 Å². The lowest BCUT2D eigenvalue weighted by Crippen LogP contribution is -2.44. The van der Waals surface area contributed by atoms with Crippen molar-refractivity contribution in [3.8, 4) is 0 Å². The second-order valence-corrected chi connectivity index (χ2v) is 5.29. The largest absolute Gasteiger partial charge is 0.373 e. The quantitative estimate of drug-likeness (QED) is 0.837. The summed E-state index contributed by atoms with van der Waals surface area (Å²) in [5, 5.41) is 0. The first-order valence-electron chi connectivity index (χ1n) is 7.06. The smallest absolute Gasteiger partial charge is 0.128 e. The van der Waals surface area contributed by atoms with Gasteiger partial charge < -0.3 is 15.0 Å². The summed E-state index contributed by atoms with van der Waals surface area (Å²) in [5.74, 6) is 0.936. The van der Waals surface area contributed by atoms with Gasteiger partial charge in [0.2, 0.25) is 0 Å². The molecule has 1 aliphatic rings. The minimum absolute atomic E-state index is 0.129. The fourth-order valence-electron chi connectivity index (χ4n) is 3.07. The number of hydrogen-bond acceptors (Lipinski definition) is 3. The van der Waals surface area contributed by atoms with Crippen molar-refractivity contribution in [2.75, 3.05) is 6.61 Å². The Bertz CT molecular complexity index is 367. The summed E-state index contributed by atoms with van der Waals surface area (Å²) in [6.45, 7) is 2.77. The first kappa shape index (κ1) is 13.6. The van der Waals surface area contributed by atoms with Crippen molar-refractivity contribution in [1.82, 2.24) is 9.55 Å². The Balaban J connectivity index is 2.25. The predicted octanol–water partition coefficient (Wildman–Crippen LogP) is 2.55. The average molecular weight is 251 g/mol. The van der Waals surface area contributed by atoms with Gasteiger partial charge in [0, 0.05) is 26.0 Å². The lowest BCUT2D eigenvalue weighted by atomic mass is 9.86. The lowest BCUT2D eigenvalue weighted by Gasteiger charge is -2.37. The van der Waals surface area contributed by atoms with E-state index in [1.54, 1.807) is 0 Å². The number of nitrogens with two attached hydrogens (primary N) is 1. The summed E-state index contributed by atoms with van der Waals surface area (Å²) in [6, 6.07) is -0.129. The van der Waals surface area contributed by atoms with E-state index < -0.39 is 0 Å². The third kappa shape index (κ3) is 2.59. The van der Waals surface area contributed by atoms with Crippen molar-refractivity contribution >= 4 is 0 Å². The Labute approximate surface area is 110 Å². The van der Waals surface area contributed by atoms with E-state index in [1.165, 1.54) is 25.7 Å². The molecule has 1 aliphatic carbocycles. The van der Waals surface area contributed by atoms with Crippen LogP contribution in [0, 0.1) is 0 Å². The lowest BCUT2D eigenvalue weighted by molar-refractivity contribution is -0.0717. The first-order chi connectivity index (χ1) is 8.69. The summed E-state index contributed by atoms with van der Waals surface area (Å²) < 4.78 is 8.12. The molecule has 2 rings (SSSR count). The molecule has 0 saturated heterocycles. The highest BCUT2D eigenvalue weighted by Gasteiger charge is 2.40. The molecule has 102 valence electrons. The van der Waals surface area contributed by atoms with E-state index in [1.807, 2.05) is 24.0 Å². The van der Waals surface area contributed by atoms with Crippen LogP contribution < -0.4 is 5.73 Å². The van der Waals surface area contributed by atoms with Gasteiger partial charge in [-0.1, -0.05) is 25.7 Å². The first-order valence-corrected chi connectivity index (χ1v) is 7.06. The van der Waals surface area contributed by atoms with Crippen LogP contribution in [0.3, 0.4) is 0 Å². The molecular weight excluding hydrogens is 226 g/mol. The van der Waals surface area contributed by atoms with Gasteiger partial charge in [-0.05, 0) is 19.8 Å². The Kier molecular flexibility index (Phi) is 4.40. The molecule has 1 fully saturated rings. The fraction of sp³-hybridized carbons (Fsp3) is 0.786. The molecule has 0 aliphatic heterocycles. The molecular formula is C14H25N3O. The van der Waals surface area contributed by atoms with Gasteiger partial charge in [0.25, 0.3) is 0 Å². The monoisotopic (exact) mass is 251 g/mol. The average Bonchev–Trinajstić information content (AvgIpc) is 2.64. The van der Waals surface area contributed by atoms with Gasteiger partial charge in [0.1, 0.15) is 5.82 Å². The van der Waals surface area contributed by atoms with Crippen LogP contribution in [0.1, 0.15) is 57.3 Å². The maximum Gasteiger partial charge on any atom is 0.128 e. The molecule has 0 amide bonds. The maximum atomic E-state index is 6.50. The Morgan fingerprint density at radius 1 is 1.39 bits per heavy atom. The second kappa shape index (κ2) is 5.85. The highest BCUT2D eigenvalue weighted by atomic mass is 16.5. The Morgan fingerprint density at radius 3 is 2.56 bits per heavy atom. The minimum Gasteiger partial charge on any atom is -0.373 e. The number of rotatable bonds is 4. The summed E-state index contributed by atoms with van der Waals surface area (Å²) >= 11 is 0. The van der Waals surface area contributed by atoms with E-state index in [0.717, 1.165) is 25.3 Å². The molecule has 0 aromatic carbocycles. The highest BCUT2D eigenvalue weighted by molar-refractivity contribution is 5.07. The molecule has 4 heteroatoms. The van der Waals surface area contributed by atoms with E-state index >= 15 is 0 Å². The van der Waals surface area contributed by atoms with Crippen LogP contribution in [-0.4, -0.2) is 21.8 Å². The third-order valence-electron chi connectivity index (χ3n) is 4.09. The zero-order valence-electron chi connectivity index (χ0n) is 11.6. The Hall–Kier alpha value is -0.870. The third-order valence-corrected chi connectivity index (χ3v) is 4.09. The SMILES string of the molecule is CCOC1(C(N)c2nccn2C)CCCCCC1. The van der Waals surface area contributed by atoms with Gasteiger partial charge in [-0.25, -0.2) is 4.98 Å². The number of ether oxygens (including phenoxy) is 1. The minimum atomic E-state index is -0.218. The number of aromatic nitrogens is 2. The molecule has 0 radical (unpaired) electrons. The predicted molar refractivity (Wildman–Crippen MR) is 72.2 cm³/mol. The molecule has 18 heavy (non-hydrogen) atoms. The summed E-state index contributed by atoms with van der Waals surface area (Å²) in [7, 11) is 2.00. The van der Waals surface area contributed by atoms with Gasteiger partial charge in [0.05, 0.1) is 11.6 Å². The van der Waals surface area contributed by atoms with Gasteiger partial charge in [-0.15, -0.1) is 0 Å².